The second kappa shape index (κ2) is 9.97. The number of piperidine rings is 3. The van der Waals surface area contributed by atoms with Crippen molar-refractivity contribution in [2.75, 3.05) is 32.7 Å². The van der Waals surface area contributed by atoms with Gasteiger partial charge in [-0.1, -0.05) is 12.1 Å². The lowest BCUT2D eigenvalue weighted by atomic mass is 9.83. The largest absolute Gasteiger partial charge is 0.453 e. The first-order valence-electron chi connectivity index (χ1n) is 11.9. The van der Waals surface area contributed by atoms with Crippen molar-refractivity contribution in [2.24, 2.45) is 5.92 Å². The minimum atomic E-state index is -1.77. The summed E-state index contributed by atoms with van der Waals surface area (Å²) < 4.78 is 12.3. The highest BCUT2D eigenvalue weighted by Gasteiger charge is 2.51. The van der Waals surface area contributed by atoms with Crippen molar-refractivity contribution in [1.29, 1.82) is 0 Å². The third kappa shape index (κ3) is 5.48. The molecule has 0 aromatic carbocycles. The molecule has 5 heterocycles. The van der Waals surface area contributed by atoms with E-state index in [-0.39, 0.29) is 6.10 Å². The molecule has 7 nitrogen and oxygen atoms in total. The smallest absolute Gasteiger partial charge is 0.407 e. The molecular weight excluding hydrogens is 472 g/mol. The number of fused-ring (bicyclic) bond motifs is 3. The lowest BCUT2D eigenvalue weighted by Crippen LogP contribution is -2.65. The Hall–Kier alpha value is -1.94. The first kappa shape index (κ1) is 25.2. The van der Waals surface area contributed by atoms with Gasteiger partial charge < -0.3 is 24.4 Å². The van der Waals surface area contributed by atoms with Gasteiger partial charge in [0.05, 0.1) is 29.4 Å². The summed E-state index contributed by atoms with van der Waals surface area (Å²) in [6.07, 6.45) is 2.25. The maximum Gasteiger partial charge on any atom is 0.407 e. The Morgan fingerprint density at radius 1 is 1.12 bits per heavy atom. The molecule has 34 heavy (non-hydrogen) atoms. The van der Waals surface area contributed by atoms with Gasteiger partial charge in [0, 0.05) is 31.7 Å². The SMILES string of the molecule is CC(C)(C)OC(=O)NCCC[N+]12CCC(CC1)[C@@H](OC(=O)C(O)(c1cccs1)c1cccs1)C2. The molecule has 2 N–H and O–H groups in total. The van der Waals surface area contributed by atoms with Crippen LogP contribution < -0.4 is 5.32 Å². The molecule has 3 aliphatic rings. The first-order chi connectivity index (χ1) is 16.1. The van der Waals surface area contributed by atoms with Gasteiger partial charge in [-0.25, -0.2) is 9.59 Å². The van der Waals surface area contributed by atoms with Crippen LogP contribution in [0.4, 0.5) is 4.79 Å². The van der Waals surface area contributed by atoms with Crippen molar-refractivity contribution in [3.05, 3.63) is 44.8 Å². The lowest BCUT2D eigenvalue weighted by molar-refractivity contribution is -0.946. The van der Waals surface area contributed by atoms with Gasteiger partial charge in [0.25, 0.3) is 0 Å². The Balaban J connectivity index is 1.37. The van der Waals surface area contributed by atoms with Gasteiger partial charge in [0.1, 0.15) is 12.1 Å². The van der Waals surface area contributed by atoms with E-state index in [0.29, 0.717) is 22.2 Å². The van der Waals surface area contributed by atoms with Gasteiger partial charge in [-0.3, -0.25) is 0 Å². The Kier molecular flexibility index (Phi) is 7.38. The molecule has 0 spiro atoms. The van der Waals surface area contributed by atoms with Crippen LogP contribution in [-0.4, -0.2) is 66.1 Å². The number of amides is 1. The van der Waals surface area contributed by atoms with Crippen LogP contribution in [0.25, 0.3) is 0 Å². The second-order valence-corrected chi connectivity index (χ2v) is 12.3. The quantitative estimate of drug-likeness (QED) is 0.319. The predicted molar refractivity (Wildman–Crippen MR) is 133 cm³/mol. The molecule has 5 rings (SSSR count). The van der Waals surface area contributed by atoms with Crippen LogP contribution in [-0.2, 0) is 19.9 Å². The number of carbonyl (C=O) groups excluding carboxylic acids is 2. The van der Waals surface area contributed by atoms with Gasteiger partial charge >= 0.3 is 12.1 Å². The van der Waals surface area contributed by atoms with Crippen LogP contribution >= 0.6 is 22.7 Å². The summed E-state index contributed by atoms with van der Waals surface area (Å²) in [6.45, 7) is 9.90. The highest BCUT2D eigenvalue weighted by molar-refractivity contribution is 7.12. The first-order valence-corrected chi connectivity index (χ1v) is 13.7. The van der Waals surface area contributed by atoms with Crippen molar-refractivity contribution >= 4 is 34.7 Å². The summed E-state index contributed by atoms with van der Waals surface area (Å²) in [4.78, 5) is 26.5. The fraction of sp³-hybridized carbons (Fsp3) is 0.600. The number of nitrogens with one attached hydrogen (secondary N) is 1. The van der Waals surface area contributed by atoms with Crippen LogP contribution in [0, 0.1) is 5.92 Å². The average molecular weight is 508 g/mol. The summed E-state index contributed by atoms with van der Waals surface area (Å²) in [5, 5.41) is 18.1. The zero-order valence-corrected chi connectivity index (χ0v) is 21.8. The van der Waals surface area contributed by atoms with Crippen LogP contribution in [0.1, 0.15) is 49.8 Å². The summed E-state index contributed by atoms with van der Waals surface area (Å²) in [7, 11) is 0. The normalized spacial score (nSPS) is 24.6. The molecule has 9 heteroatoms. The fourth-order valence-corrected chi connectivity index (χ4v) is 6.82. The summed E-state index contributed by atoms with van der Waals surface area (Å²) >= 11 is 2.72. The Morgan fingerprint density at radius 2 is 1.74 bits per heavy atom. The van der Waals surface area contributed by atoms with Gasteiger partial charge in [0.2, 0.25) is 5.60 Å². The number of nitrogens with zero attached hydrogens (tertiary/aromatic N) is 1. The zero-order valence-electron chi connectivity index (χ0n) is 20.1. The predicted octanol–water partition coefficient (Wildman–Crippen LogP) is 4.11. The number of hydrogen-bond donors (Lipinski definition) is 2. The zero-order chi connectivity index (χ0) is 24.4. The Bertz CT molecular complexity index is 926. The Labute approximate surface area is 209 Å². The van der Waals surface area contributed by atoms with Crippen molar-refractivity contribution < 1.29 is 28.7 Å². The summed E-state index contributed by atoms with van der Waals surface area (Å²) in [6, 6.07) is 7.25. The van der Waals surface area contributed by atoms with Crippen molar-refractivity contribution in [1.82, 2.24) is 5.32 Å². The standard InChI is InChI=1S/C25H34N2O5S2/c1-24(2,3)32-23(29)26-11-6-12-27-13-9-18(10-14-27)19(17-27)31-22(28)25(30,20-7-4-15-33-20)21-8-5-16-34-21/h4-5,7-8,15-16,18-19,30H,6,9-14,17H2,1-3H3/p+1/t18?,19-,27?/m0/s1. The van der Waals surface area contributed by atoms with E-state index in [2.05, 4.69) is 5.32 Å². The van der Waals surface area contributed by atoms with Gasteiger partial charge in [-0.05, 0) is 43.7 Å². The van der Waals surface area contributed by atoms with E-state index in [1.165, 1.54) is 22.7 Å². The third-order valence-electron chi connectivity index (χ3n) is 6.83. The number of thiophene rings is 2. The molecule has 1 amide bonds. The maximum atomic E-state index is 13.4. The molecule has 0 unspecified atom stereocenters. The van der Waals surface area contributed by atoms with Crippen LogP contribution in [0.2, 0.25) is 0 Å². The fourth-order valence-electron chi connectivity index (χ4n) is 5.10. The molecule has 3 aliphatic heterocycles. The van der Waals surface area contributed by atoms with Gasteiger partial charge in [0.15, 0.2) is 6.10 Å². The van der Waals surface area contributed by atoms with Gasteiger partial charge in [-0.15, -0.1) is 22.7 Å². The maximum absolute atomic E-state index is 13.4. The summed E-state index contributed by atoms with van der Waals surface area (Å²) in [5.41, 5.74) is -2.28. The van der Waals surface area contributed by atoms with Crippen molar-refractivity contribution in [3.8, 4) is 0 Å². The number of quaternary nitrogens is 1. The molecule has 0 aliphatic carbocycles. The molecule has 3 saturated heterocycles. The van der Waals surface area contributed by atoms with Crippen LogP contribution in [0.3, 0.4) is 0 Å². The monoisotopic (exact) mass is 507 g/mol. The molecule has 0 saturated carbocycles. The molecular formula is C25H35N2O5S2+. The molecule has 2 aromatic heterocycles. The van der Waals surface area contributed by atoms with E-state index in [9.17, 15) is 14.7 Å². The van der Waals surface area contributed by atoms with E-state index in [1.54, 1.807) is 12.1 Å². The van der Waals surface area contributed by atoms with Crippen molar-refractivity contribution in [3.63, 3.8) is 0 Å². The molecule has 1 atom stereocenters. The number of hydrogen-bond acceptors (Lipinski definition) is 7. The topological polar surface area (TPSA) is 84.9 Å². The Morgan fingerprint density at radius 3 is 2.26 bits per heavy atom. The molecule has 3 fully saturated rings. The number of rotatable bonds is 8. The van der Waals surface area contributed by atoms with E-state index < -0.39 is 23.3 Å². The summed E-state index contributed by atoms with van der Waals surface area (Å²) in [5.74, 6) is -0.249. The third-order valence-corrected chi connectivity index (χ3v) is 8.79. The number of carbonyl (C=O) groups is 2. The number of aliphatic hydroxyl groups is 1. The molecule has 186 valence electrons. The molecule has 2 bridgehead atoms. The van der Waals surface area contributed by atoms with E-state index in [4.69, 9.17) is 9.47 Å². The van der Waals surface area contributed by atoms with Crippen LogP contribution in [0.15, 0.2) is 35.0 Å². The molecule has 0 radical (unpaired) electrons. The minimum absolute atomic E-state index is 0.208. The number of ether oxygens (including phenoxy) is 2. The minimum Gasteiger partial charge on any atom is -0.453 e. The van der Waals surface area contributed by atoms with E-state index in [0.717, 1.165) is 49.9 Å². The van der Waals surface area contributed by atoms with E-state index in [1.807, 2.05) is 43.7 Å². The lowest BCUT2D eigenvalue weighted by Gasteiger charge is -2.52. The van der Waals surface area contributed by atoms with Crippen molar-refractivity contribution in [2.45, 2.75) is 57.3 Å². The molecule has 2 aromatic rings. The average Bonchev–Trinajstić information content (AvgIpc) is 3.51. The highest BCUT2D eigenvalue weighted by atomic mass is 32.1. The van der Waals surface area contributed by atoms with Crippen LogP contribution in [0.5, 0.6) is 0 Å². The van der Waals surface area contributed by atoms with E-state index >= 15 is 0 Å². The highest BCUT2D eigenvalue weighted by Crippen LogP contribution is 2.40. The number of alkyl carbamates (subject to hydrolysis) is 1. The second-order valence-electron chi connectivity index (χ2n) is 10.4. The number of esters is 1. The van der Waals surface area contributed by atoms with Gasteiger partial charge in [-0.2, -0.15) is 0 Å².